The Morgan fingerprint density at radius 3 is 1.67 bits per heavy atom. The van der Waals surface area contributed by atoms with E-state index < -0.39 is 11.6 Å². The molecule has 0 bridgehead atoms. The number of tetrazole rings is 1. The summed E-state index contributed by atoms with van der Waals surface area (Å²) in [4.78, 5) is 6.49. The smallest absolute Gasteiger partial charge is 0.219 e. The van der Waals surface area contributed by atoms with Gasteiger partial charge in [-0.25, -0.2) is 0 Å². The molecule has 1 atom stereocenters. The Morgan fingerprint density at radius 2 is 1.08 bits per heavy atom. The topological polar surface area (TPSA) is 65.7 Å². The van der Waals surface area contributed by atoms with Gasteiger partial charge < -0.3 is 4.74 Å². The number of para-hydroxylation sites is 1. The highest BCUT2D eigenvalue weighted by Gasteiger charge is 2.41. The maximum atomic E-state index is 6.95. The first-order valence-corrected chi connectivity index (χ1v) is 16.4. The lowest BCUT2D eigenvalue weighted by atomic mass is 9.77. The number of ether oxygens (including phenoxy) is 1. The SMILES string of the molecule is Cc1cc(OC(c2ccc(-c3ccccc3)cc2)c2nnn(C(c3ccccc3)(c3ccccc3)c3ccccc3)n2)c2ccccc2n1. The number of aromatic nitrogens is 5. The molecule has 0 aliphatic rings. The number of hydrogen-bond acceptors (Lipinski definition) is 5. The second-order valence-electron chi connectivity index (χ2n) is 12.0. The number of nitrogens with zero attached hydrogens (tertiary/aromatic N) is 5. The van der Waals surface area contributed by atoms with Crippen molar-refractivity contribution < 1.29 is 4.74 Å². The van der Waals surface area contributed by atoms with Crippen molar-refractivity contribution in [3.63, 3.8) is 0 Å². The summed E-state index contributed by atoms with van der Waals surface area (Å²) in [6.45, 7) is 1.98. The van der Waals surface area contributed by atoms with Crippen LogP contribution in [0.2, 0.25) is 0 Å². The highest BCUT2D eigenvalue weighted by atomic mass is 16.5. The second kappa shape index (κ2) is 13.0. The normalized spacial score (nSPS) is 12.1. The fourth-order valence-electron chi connectivity index (χ4n) is 6.60. The first-order valence-electron chi connectivity index (χ1n) is 16.4. The van der Waals surface area contributed by atoms with Crippen LogP contribution in [0.4, 0.5) is 0 Å². The van der Waals surface area contributed by atoms with Crippen molar-refractivity contribution in [3.05, 3.63) is 210 Å². The number of fused-ring (bicyclic) bond motifs is 1. The van der Waals surface area contributed by atoms with Crippen LogP contribution in [-0.2, 0) is 5.54 Å². The predicted molar refractivity (Wildman–Crippen MR) is 193 cm³/mol. The monoisotopic (exact) mass is 635 g/mol. The van der Waals surface area contributed by atoms with Crippen LogP contribution in [0, 0.1) is 6.92 Å². The third kappa shape index (κ3) is 5.63. The Bertz CT molecular complexity index is 2210. The zero-order valence-corrected chi connectivity index (χ0v) is 27.0. The fourth-order valence-corrected chi connectivity index (χ4v) is 6.60. The molecule has 6 aromatic carbocycles. The van der Waals surface area contributed by atoms with Crippen molar-refractivity contribution in [2.24, 2.45) is 0 Å². The Morgan fingerprint density at radius 1 is 0.571 bits per heavy atom. The van der Waals surface area contributed by atoms with E-state index in [2.05, 4.69) is 72.8 Å². The van der Waals surface area contributed by atoms with E-state index in [1.165, 1.54) is 0 Å². The molecule has 2 aromatic heterocycles. The first-order chi connectivity index (χ1) is 24.2. The van der Waals surface area contributed by atoms with Gasteiger partial charge in [-0.3, -0.25) is 4.98 Å². The summed E-state index contributed by atoms with van der Waals surface area (Å²) in [5.74, 6) is 1.15. The Hall–Kier alpha value is -6.40. The standard InChI is InChI=1S/C43H33N5O/c1-31-30-40(38-24-14-15-25-39(38)44-31)49-41(34-28-26-33(27-29-34)32-16-6-2-7-17-32)42-45-47-48(46-42)43(35-18-8-3-9-19-35,36-20-10-4-11-21-36)37-22-12-5-13-23-37/h2-30,41H,1H3. The van der Waals surface area contributed by atoms with Gasteiger partial charge in [0.2, 0.25) is 5.82 Å². The van der Waals surface area contributed by atoms with Crippen molar-refractivity contribution in [1.82, 2.24) is 25.2 Å². The van der Waals surface area contributed by atoms with Crippen LogP contribution >= 0.6 is 0 Å². The van der Waals surface area contributed by atoms with E-state index in [9.17, 15) is 0 Å². The molecule has 0 radical (unpaired) electrons. The Labute approximate surface area is 285 Å². The van der Waals surface area contributed by atoms with Gasteiger partial charge in [-0.1, -0.05) is 158 Å². The molecule has 0 fully saturated rings. The van der Waals surface area contributed by atoms with E-state index in [0.717, 1.165) is 50.0 Å². The largest absolute Gasteiger partial charge is 0.477 e. The summed E-state index contributed by atoms with van der Waals surface area (Å²) in [5.41, 5.74) is 7.01. The Kier molecular flexibility index (Phi) is 7.96. The Balaban J connectivity index is 1.31. The lowest BCUT2D eigenvalue weighted by Crippen LogP contribution is -2.39. The molecule has 0 aliphatic carbocycles. The predicted octanol–water partition coefficient (Wildman–Crippen LogP) is 9.21. The number of aryl methyl sites for hydroxylation is 1. The van der Waals surface area contributed by atoms with E-state index in [-0.39, 0.29) is 0 Å². The van der Waals surface area contributed by atoms with Crippen LogP contribution in [0.5, 0.6) is 5.75 Å². The molecule has 0 saturated heterocycles. The molecule has 2 heterocycles. The van der Waals surface area contributed by atoms with Crippen LogP contribution in [0.25, 0.3) is 22.0 Å². The van der Waals surface area contributed by atoms with Gasteiger partial charge in [0.1, 0.15) is 5.75 Å². The molecule has 236 valence electrons. The average Bonchev–Trinajstić information content (AvgIpc) is 3.66. The van der Waals surface area contributed by atoms with Gasteiger partial charge in [0.15, 0.2) is 11.6 Å². The molecule has 0 spiro atoms. The summed E-state index contributed by atoms with van der Waals surface area (Å²) in [6, 6.07) is 59.8. The number of hydrogen-bond donors (Lipinski definition) is 0. The summed E-state index contributed by atoms with van der Waals surface area (Å²) in [7, 11) is 0. The highest BCUT2D eigenvalue weighted by Crippen LogP contribution is 2.40. The van der Waals surface area contributed by atoms with Gasteiger partial charge in [0.25, 0.3) is 0 Å². The van der Waals surface area contributed by atoms with Crippen molar-refractivity contribution in [2.45, 2.75) is 18.6 Å². The van der Waals surface area contributed by atoms with Crippen LogP contribution < -0.4 is 4.74 Å². The highest BCUT2D eigenvalue weighted by molar-refractivity contribution is 5.85. The van der Waals surface area contributed by atoms with Crippen LogP contribution in [0.3, 0.4) is 0 Å². The summed E-state index contributed by atoms with van der Waals surface area (Å²) < 4.78 is 6.95. The number of pyridine rings is 1. The van der Waals surface area contributed by atoms with Gasteiger partial charge in [-0.2, -0.15) is 0 Å². The van der Waals surface area contributed by atoms with Gasteiger partial charge in [-0.15, -0.1) is 15.0 Å². The summed E-state index contributed by atoms with van der Waals surface area (Å²) >= 11 is 0. The molecule has 49 heavy (non-hydrogen) atoms. The summed E-state index contributed by atoms with van der Waals surface area (Å²) in [6.07, 6.45) is -0.663. The molecular weight excluding hydrogens is 603 g/mol. The minimum absolute atomic E-state index is 0.443. The maximum absolute atomic E-state index is 6.95. The van der Waals surface area contributed by atoms with Crippen molar-refractivity contribution in [3.8, 4) is 16.9 Å². The summed E-state index contributed by atoms with van der Waals surface area (Å²) in [5, 5.41) is 15.7. The minimum atomic E-state index is -0.906. The maximum Gasteiger partial charge on any atom is 0.219 e. The van der Waals surface area contributed by atoms with E-state index >= 15 is 0 Å². The molecule has 6 nitrogen and oxygen atoms in total. The average molecular weight is 636 g/mol. The fraction of sp³-hybridized carbons (Fsp3) is 0.0698. The lowest BCUT2D eigenvalue weighted by molar-refractivity contribution is 0.238. The molecule has 0 saturated carbocycles. The van der Waals surface area contributed by atoms with E-state index in [0.29, 0.717) is 11.6 Å². The minimum Gasteiger partial charge on any atom is -0.477 e. The zero-order valence-electron chi connectivity index (χ0n) is 27.0. The molecule has 0 amide bonds. The van der Waals surface area contributed by atoms with Gasteiger partial charge in [0, 0.05) is 22.7 Å². The molecule has 8 rings (SSSR count). The molecule has 8 aromatic rings. The molecule has 0 aliphatic heterocycles. The third-order valence-corrected chi connectivity index (χ3v) is 8.91. The van der Waals surface area contributed by atoms with Gasteiger partial charge >= 0.3 is 0 Å². The zero-order chi connectivity index (χ0) is 33.0. The lowest BCUT2D eigenvalue weighted by Gasteiger charge is -2.34. The van der Waals surface area contributed by atoms with Crippen molar-refractivity contribution in [2.75, 3.05) is 0 Å². The first kappa shape index (κ1) is 30.0. The van der Waals surface area contributed by atoms with E-state index in [1.807, 2.05) is 110 Å². The quantitative estimate of drug-likeness (QED) is 0.148. The molecular formula is C43H33N5O. The van der Waals surface area contributed by atoms with Gasteiger partial charge in [-0.05, 0) is 52.1 Å². The van der Waals surface area contributed by atoms with Crippen LogP contribution in [-0.4, -0.2) is 25.2 Å². The van der Waals surface area contributed by atoms with E-state index in [4.69, 9.17) is 25.1 Å². The van der Waals surface area contributed by atoms with Gasteiger partial charge in [0.05, 0.1) is 5.52 Å². The third-order valence-electron chi connectivity index (χ3n) is 8.91. The molecule has 0 N–H and O–H groups in total. The van der Waals surface area contributed by atoms with Crippen LogP contribution in [0.15, 0.2) is 176 Å². The van der Waals surface area contributed by atoms with Crippen molar-refractivity contribution in [1.29, 1.82) is 0 Å². The van der Waals surface area contributed by atoms with E-state index in [1.54, 1.807) is 4.80 Å². The molecule has 6 heteroatoms. The number of rotatable bonds is 9. The number of benzene rings is 6. The second-order valence-corrected chi connectivity index (χ2v) is 12.0. The van der Waals surface area contributed by atoms with Crippen LogP contribution in [0.1, 0.15) is 39.9 Å². The molecule has 1 unspecified atom stereocenters. The van der Waals surface area contributed by atoms with Crippen molar-refractivity contribution >= 4 is 10.9 Å².